The summed E-state index contributed by atoms with van der Waals surface area (Å²) >= 11 is 3.29. The summed E-state index contributed by atoms with van der Waals surface area (Å²) < 4.78 is 13.9. The van der Waals surface area contributed by atoms with E-state index in [0.29, 0.717) is 15.7 Å². The summed E-state index contributed by atoms with van der Waals surface area (Å²) in [7, 11) is 0. The molecule has 1 N–H and O–H groups in total. The maximum Gasteiger partial charge on any atom is 0.255 e. The van der Waals surface area contributed by atoms with E-state index in [-0.39, 0.29) is 5.91 Å². The maximum atomic E-state index is 13.2. The zero-order valence-corrected chi connectivity index (χ0v) is 12.5. The van der Waals surface area contributed by atoms with E-state index in [4.69, 9.17) is 0 Å². The van der Waals surface area contributed by atoms with Crippen molar-refractivity contribution >= 4 is 38.3 Å². The fraction of sp³-hybridized carbons (Fsp3) is 0. The number of carbonyl (C=O) groups is 1. The van der Waals surface area contributed by atoms with Gasteiger partial charge in [-0.3, -0.25) is 4.79 Å². The van der Waals surface area contributed by atoms with Crippen molar-refractivity contribution < 1.29 is 9.18 Å². The molecule has 2 nitrogen and oxygen atoms in total. The Hall–Kier alpha value is -2.20. The molecule has 0 atom stereocenters. The van der Waals surface area contributed by atoms with Gasteiger partial charge in [-0.05, 0) is 57.0 Å². The van der Waals surface area contributed by atoms with Gasteiger partial charge in [0.2, 0.25) is 0 Å². The van der Waals surface area contributed by atoms with E-state index in [2.05, 4.69) is 21.2 Å². The van der Waals surface area contributed by atoms with Crippen LogP contribution < -0.4 is 5.32 Å². The van der Waals surface area contributed by atoms with E-state index in [1.807, 2.05) is 36.4 Å². The molecule has 0 radical (unpaired) electrons. The number of amides is 1. The van der Waals surface area contributed by atoms with Gasteiger partial charge < -0.3 is 5.32 Å². The van der Waals surface area contributed by atoms with Gasteiger partial charge in [0.1, 0.15) is 5.82 Å². The minimum Gasteiger partial charge on any atom is -0.321 e. The highest BCUT2D eigenvalue weighted by molar-refractivity contribution is 9.10. The second kappa shape index (κ2) is 5.66. The first-order valence-electron chi connectivity index (χ1n) is 6.39. The Kier molecular flexibility index (Phi) is 3.71. The highest BCUT2D eigenvalue weighted by atomic mass is 79.9. The molecule has 0 bridgehead atoms. The topological polar surface area (TPSA) is 29.1 Å². The van der Waals surface area contributed by atoms with Crippen LogP contribution in [0.5, 0.6) is 0 Å². The standard InChI is InChI=1S/C17H11BrFNO/c18-15-8-7-14(19)10-16(15)20-17(21)13-6-5-11-3-1-2-4-12(11)9-13/h1-10H,(H,20,21). The predicted octanol–water partition coefficient (Wildman–Crippen LogP) is 4.99. The molecule has 0 unspecified atom stereocenters. The van der Waals surface area contributed by atoms with E-state index < -0.39 is 5.82 Å². The minimum atomic E-state index is -0.396. The SMILES string of the molecule is O=C(Nc1cc(F)ccc1Br)c1ccc2ccccc2c1. The molecule has 0 fully saturated rings. The highest BCUT2D eigenvalue weighted by Gasteiger charge is 2.09. The minimum absolute atomic E-state index is 0.271. The summed E-state index contributed by atoms with van der Waals surface area (Å²) in [5, 5.41) is 4.77. The number of halogens is 2. The molecule has 0 saturated carbocycles. The van der Waals surface area contributed by atoms with Gasteiger partial charge in [-0.2, -0.15) is 0 Å². The lowest BCUT2D eigenvalue weighted by Crippen LogP contribution is -2.12. The third-order valence-electron chi connectivity index (χ3n) is 3.19. The van der Waals surface area contributed by atoms with Crippen molar-refractivity contribution in [2.75, 3.05) is 5.32 Å². The van der Waals surface area contributed by atoms with Crippen LogP contribution in [0.4, 0.5) is 10.1 Å². The van der Waals surface area contributed by atoms with Crippen molar-refractivity contribution in [3.05, 3.63) is 76.5 Å². The summed E-state index contributed by atoms with van der Waals surface area (Å²) in [5.74, 6) is -0.668. The van der Waals surface area contributed by atoms with Crippen LogP contribution in [-0.2, 0) is 0 Å². The number of anilines is 1. The molecule has 0 saturated heterocycles. The van der Waals surface area contributed by atoms with E-state index in [1.54, 1.807) is 12.1 Å². The molecule has 21 heavy (non-hydrogen) atoms. The number of nitrogens with one attached hydrogen (secondary N) is 1. The van der Waals surface area contributed by atoms with E-state index in [9.17, 15) is 9.18 Å². The molecule has 0 aromatic heterocycles. The van der Waals surface area contributed by atoms with Crippen molar-refractivity contribution in [2.45, 2.75) is 0 Å². The predicted molar refractivity (Wildman–Crippen MR) is 86.0 cm³/mol. The van der Waals surface area contributed by atoms with Gasteiger partial charge in [-0.15, -0.1) is 0 Å². The summed E-state index contributed by atoms with van der Waals surface area (Å²) in [4.78, 5) is 12.3. The third-order valence-corrected chi connectivity index (χ3v) is 3.88. The molecule has 0 spiro atoms. The van der Waals surface area contributed by atoms with E-state index in [1.165, 1.54) is 12.1 Å². The number of carbonyl (C=O) groups excluding carboxylic acids is 1. The second-order valence-electron chi connectivity index (χ2n) is 4.64. The Balaban J connectivity index is 1.91. The van der Waals surface area contributed by atoms with Crippen LogP contribution >= 0.6 is 15.9 Å². The Morgan fingerprint density at radius 3 is 2.52 bits per heavy atom. The molecule has 4 heteroatoms. The monoisotopic (exact) mass is 343 g/mol. The van der Waals surface area contributed by atoms with Crippen LogP contribution in [0.15, 0.2) is 65.1 Å². The Morgan fingerprint density at radius 1 is 0.952 bits per heavy atom. The van der Waals surface area contributed by atoms with E-state index >= 15 is 0 Å². The Labute approximate surface area is 129 Å². The lowest BCUT2D eigenvalue weighted by molar-refractivity contribution is 0.102. The third kappa shape index (κ3) is 2.95. The summed E-state index contributed by atoms with van der Waals surface area (Å²) in [5.41, 5.74) is 0.943. The van der Waals surface area contributed by atoms with E-state index in [0.717, 1.165) is 10.8 Å². The van der Waals surface area contributed by atoms with Crippen molar-refractivity contribution in [1.29, 1.82) is 0 Å². The summed E-state index contributed by atoms with van der Waals surface area (Å²) in [6.45, 7) is 0. The average molecular weight is 344 g/mol. The Morgan fingerprint density at radius 2 is 1.71 bits per heavy atom. The molecule has 3 rings (SSSR count). The van der Waals surface area contributed by atoms with Crippen LogP contribution in [0.3, 0.4) is 0 Å². The average Bonchev–Trinajstić information content (AvgIpc) is 2.50. The smallest absolute Gasteiger partial charge is 0.255 e. The number of hydrogen-bond acceptors (Lipinski definition) is 1. The molecule has 3 aromatic carbocycles. The van der Waals surface area contributed by atoms with Crippen molar-refractivity contribution in [2.24, 2.45) is 0 Å². The first-order chi connectivity index (χ1) is 10.1. The van der Waals surface area contributed by atoms with Gasteiger partial charge in [0.15, 0.2) is 0 Å². The van der Waals surface area contributed by atoms with Crippen LogP contribution in [0, 0.1) is 5.82 Å². The first kappa shape index (κ1) is 13.8. The molecule has 0 aliphatic heterocycles. The molecule has 104 valence electrons. The molecule has 3 aromatic rings. The number of benzene rings is 3. The van der Waals surface area contributed by atoms with Crippen molar-refractivity contribution in [3.63, 3.8) is 0 Å². The van der Waals surface area contributed by atoms with Crippen molar-refractivity contribution in [1.82, 2.24) is 0 Å². The molecular weight excluding hydrogens is 333 g/mol. The maximum absolute atomic E-state index is 13.2. The molecule has 0 aliphatic carbocycles. The summed E-state index contributed by atoms with van der Waals surface area (Å²) in [6, 6.07) is 17.4. The second-order valence-corrected chi connectivity index (χ2v) is 5.49. The Bertz CT molecular complexity index is 832. The normalized spacial score (nSPS) is 10.6. The van der Waals surface area contributed by atoms with Gasteiger partial charge in [-0.25, -0.2) is 4.39 Å². The van der Waals surface area contributed by atoms with Gasteiger partial charge >= 0.3 is 0 Å². The number of fused-ring (bicyclic) bond motifs is 1. The fourth-order valence-electron chi connectivity index (χ4n) is 2.12. The number of rotatable bonds is 2. The van der Waals surface area contributed by atoms with Crippen LogP contribution in [0.2, 0.25) is 0 Å². The van der Waals surface area contributed by atoms with Crippen molar-refractivity contribution in [3.8, 4) is 0 Å². The highest BCUT2D eigenvalue weighted by Crippen LogP contribution is 2.24. The van der Waals surface area contributed by atoms with Crippen LogP contribution in [0.1, 0.15) is 10.4 Å². The van der Waals surface area contributed by atoms with Crippen LogP contribution in [0.25, 0.3) is 10.8 Å². The molecule has 0 aliphatic rings. The molecule has 0 heterocycles. The first-order valence-corrected chi connectivity index (χ1v) is 7.18. The van der Waals surface area contributed by atoms with Gasteiger partial charge in [0.05, 0.1) is 5.69 Å². The largest absolute Gasteiger partial charge is 0.321 e. The molecular formula is C17H11BrFNO. The van der Waals surface area contributed by atoms with Crippen LogP contribution in [-0.4, -0.2) is 5.91 Å². The summed E-state index contributed by atoms with van der Waals surface area (Å²) in [6.07, 6.45) is 0. The lowest BCUT2D eigenvalue weighted by Gasteiger charge is -2.08. The van der Waals surface area contributed by atoms with Gasteiger partial charge in [0, 0.05) is 10.0 Å². The number of hydrogen-bond donors (Lipinski definition) is 1. The van der Waals surface area contributed by atoms with Gasteiger partial charge in [0.25, 0.3) is 5.91 Å². The zero-order valence-electron chi connectivity index (χ0n) is 10.9. The quantitative estimate of drug-likeness (QED) is 0.697. The fourth-order valence-corrected chi connectivity index (χ4v) is 2.46. The zero-order chi connectivity index (χ0) is 14.8. The lowest BCUT2D eigenvalue weighted by atomic mass is 10.1. The molecule has 1 amide bonds. The van der Waals surface area contributed by atoms with Gasteiger partial charge in [-0.1, -0.05) is 30.3 Å².